The van der Waals surface area contributed by atoms with Crippen LogP contribution in [0.4, 0.5) is 5.82 Å². The zero-order valence-corrected chi connectivity index (χ0v) is 19.5. The fourth-order valence-corrected chi connectivity index (χ4v) is 4.66. The average Bonchev–Trinajstić information content (AvgIpc) is 2.81. The van der Waals surface area contributed by atoms with E-state index in [4.69, 9.17) is 9.97 Å². The van der Waals surface area contributed by atoms with E-state index >= 15 is 0 Å². The van der Waals surface area contributed by atoms with Crippen molar-refractivity contribution in [3.63, 3.8) is 0 Å². The third kappa shape index (κ3) is 5.75. The Morgan fingerprint density at radius 2 is 1.87 bits per heavy atom. The number of anilines is 1. The van der Waals surface area contributed by atoms with E-state index in [1.165, 1.54) is 32.1 Å². The number of amides is 1. The van der Waals surface area contributed by atoms with Crippen molar-refractivity contribution in [2.45, 2.75) is 69.3 Å². The van der Waals surface area contributed by atoms with Gasteiger partial charge in [-0.25, -0.2) is 9.97 Å². The molecule has 3 rings (SSSR count). The molecule has 1 fully saturated rings. The minimum absolute atomic E-state index is 0.0602. The van der Waals surface area contributed by atoms with Crippen LogP contribution in [0.5, 0.6) is 0 Å². The summed E-state index contributed by atoms with van der Waals surface area (Å²) < 4.78 is 0. The summed E-state index contributed by atoms with van der Waals surface area (Å²) in [6.07, 6.45) is 7.37. The number of hydrogen-bond acceptors (Lipinski definition) is 5. The molecular weight excluding hydrogens is 392 g/mol. The van der Waals surface area contributed by atoms with Gasteiger partial charge in [0.15, 0.2) is 5.16 Å². The van der Waals surface area contributed by atoms with E-state index in [-0.39, 0.29) is 5.91 Å². The number of hydrogen-bond donors (Lipinski definition) is 0. The lowest BCUT2D eigenvalue weighted by molar-refractivity contribution is 0.0802. The van der Waals surface area contributed by atoms with Crippen molar-refractivity contribution >= 4 is 23.5 Å². The Balaban J connectivity index is 1.73. The van der Waals surface area contributed by atoms with Gasteiger partial charge in [0.05, 0.1) is 0 Å². The van der Waals surface area contributed by atoms with Gasteiger partial charge in [-0.05, 0) is 43.9 Å². The molecule has 1 aliphatic rings. The highest BCUT2D eigenvalue weighted by molar-refractivity contribution is 7.98. The van der Waals surface area contributed by atoms with Crippen LogP contribution in [0.25, 0.3) is 0 Å². The van der Waals surface area contributed by atoms with E-state index in [0.29, 0.717) is 12.6 Å². The van der Waals surface area contributed by atoms with E-state index in [2.05, 4.69) is 31.0 Å². The highest BCUT2D eigenvalue weighted by Gasteiger charge is 2.20. The molecule has 1 aromatic heterocycles. The Bertz CT molecular complexity index is 851. The molecule has 0 atom stereocenters. The summed E-state index contributed by atoms with van der Waals surface area (Å²) in [4.78, 5) is 26.1. The SMILES string of the molecule is CCc1cc(N(C)C2CCCCC2)nc(SCc2cccc(C(=O)N(C)CC)c2)n1. The first-order valence-electron chi connectivity index (χ1n) is 11.1. The molecule has 0 bridgehead atoms. The summed E-state index contributed by atoms with van der Waals surface area (Å²) in [5.41, 5.74) is 2.93. The van der Waals surface area contributed by atoms with Crippen molar-refractivity contribution in [3.05, 3.63) is 47.2 Å². The van der Waals surface area contributed by atoms with Gasteiger partial charge in [0.1, 0.15) is 5.82 Å². The second-order valence-corrected chi connectivity index (χ2v) is 9.01. The first-order chi connectivity index (χ1) is 14.5. The Morgan fingerprint density at radius 1 is 1.10 bits per heavy atom. The number of aryl methyl sites for hydroxylation is 1. The van der Waals surface area contributed by atoms with Crippen molar-refractivity contribution in [3.8, 4) is 0 Å². The van der Waals surface area contributed by atoms with Crippen LogP contribution in [0.2, 0.25) is 0 Å². The van der Waals surface area contributed by atoms with E-state index in [9.17, 15) is 4.79 Å². The zero-order chi connectivity index (χ0) is 21.5. The van der Waals surface area contributed by atoms with Crippen molar-refractivity contribution in [1.29, 1.82) is 0 Å². The van der Waals surface area contributed by atoms with E-state index in [1.807, 2.05) is 32.2 Å². The molecule has 0 saturated heterocycles. The van der Waals surface area contributed by atoms with Gasteiger partial charge in [-0.2, -0.15) is 0 Å². The van der Waals surface area contributed by atoms with Gasteiger partial charge in [-0.15, -0.1) is 0 Å². The van der Waals surface area contributed by atoms with Crippen molar-refractivity contribution in [1.82, 2.24) is 14.9 Å². The molecule has 6 heteroatoms. The Kier molecular flexibility index (Phi) is 8.14. The predicted molar refractivity (Wildman–Crippen MR) is 125 cm³/mol. The van der Waals surface area contributed by atoms with Crippen LogP contribution in [-0.4, -0.2) is 47.5 Å². The monoisotopic (exact) mass is 426 g/mol. The van der Waals surface area contributed by atoms with Crippen LogP contribution in [0.3, 0.4) is 0 Å². The molecule has 5 nitrogen and oxygen atoms in total. The minimum atomic E-state index is 0.0602. The Labute approximate surface area is 185 Å². The Morgan fingerprint density at radius 3 is 2.57 bits per heavy atom. The number of carbonyl (C=O) groups is 1. The molecule has 1 heterocycles. The number of benzene rings is 1. The lowest BCUT2D eigenvalue weighted by Crippen LogP contribution is -2.34. The predicted octanol–water partition coefficient (Wildman–Crippen LogP) is 5.19. The van der Waals surface area contributed by atoms with E-state index in [0.717, 1.165) is 40.0 Å². The van der Waals surface area contributed by atoms with Gasteiger partial charge in [-0.1, -0.05) is 50.1 Å². The van der Waals surface area contributed by atoms with Crippen LogP contribution in [0.1, 0.15) is 67.6 Å². The largest absolute Gasteiger partial charge is 0.357 e. The van der Waals surface area contributed by atoms with Crippen molar-refractivity contribution < 1.29 is 4.79 Å². The molecule has 30 heavy (non-hydrogen) atoms. The van der Waals surface area contributed by atoms with Crippen LogP contribution < -0.4 is 4.90 Å². The molecule has 0 N–H and O–H groups in total. The van der Waals surface area contributed by atoms with E-state index < -0.39 is 0 Å². The van der Waals surface area contributed by atoms with Crippen molar-refractivity contribution in [2.24, 2.45) is 0 Å². The summed E-state index contributed by atoms with van der Waals surface area (Å²) in [5.74, 6) is 1.84. The maximum absolute atomic E-state index is 12.4. The number of aromatic nitrogens is 2. The molecule has 1 aliphatic carbocycles. The molecule has 2 aromatic rings. The summed E-state index contributed by atoms with van der Waals surface area (Å²) in [6.45, 7) is 4.82. The molecular formula is C24H34N4OS. The van der Waals surface area contributed by atoms with Crippen molar-refractivity contribution in [2.75, 3.05) is 25.5 Å². The lowest BCUT2D eigenvalue weighted by atomic mass is 9.94. The summed E-state index contributed by atoms with van der Waals surface area (Å²) in [6, 6.07) is 10.6. The summed E-state index contributed by atoms with van der Waals surface area (Å²) in [5, 5.41) is 0.814. The molecule has 1 saturated carbocycles. The van der Waals surface area contributed by atoms with Crippen LogP contribution in [0.15, 0.2) is 35.5 Å². The van der Waals surface area contributed by atoms with E-state index in [1.54, 1.807) is 16.7 Å². The topological polar surface area (TPSA) is 49.3 Å². The smallest absolute Gasteiger partial charge is 0.253 e. The minimum Gasteiger partial charge on any atom is -0.357 e. The standard InChI is InChI=1S/C24H34N4OS/c1-5-20-16-22(28(4)21-13-8-7-9-14-21)26-24(25-20)30-17-18-11-10-12-19(15-18)23(29)27(3)6-2/h10-12,15-16,21H,5-9,13-14,17H2,1-4H3. The van der Waals surface area contributed by atoms with Gasteiger partial charge in [-0.3, -0.25) is 4.79 Å². The average molecular weight is 427 g/mol. The molecule has 0 unspecified atom stereocenters. The van der Waals surface area contributed by atoms with Gasteiger partial charge in [0.25, 0.3) is 5.91 Å². The second kappa shape index (κ2) is 10.8. The summed E-state index contributed by atoms with van der Waals surface area (Å²) in [7, 11) is 4.00. The molecule has 162 valence electrons. The maximum atomic E-state index is 12.4. The summed E-state index contributed by atoms with van der Waals surface area (Å²) >= 11 is 1.64. The molecule has 0 aliphatic heterocycles. The quantitative estimate of drug-likeness (QED) is 0.429. The van der Waals surface area contributed by atoms with Crippen LogP contribution in [0, 0.1) is 0 Å². The van der Waals surface area contributed by atoms with Gasteiger partial charge in [0.2, 0.25) is 0 Å². The highest BCUT2D eigenvalue weighted by atomic mass is 32.2. The lowest BCUT2D eigenvalue weighted by Gasteiger charge is -2.32. The molecule has 0 spiro atoms. The van der Waals surface area contributed by atoms with Gasteiger partial charge in [0, 0.05) is 49.8 Å². The third-order valence-electron chi connectivity index (χ3n) is 5.95. The Hall–Kier alpha value is -2.08. The fraction of sp³-hybridized carbons (Fsp3) is 0.542. The highest BCUT2D eigenvalue weighted by Crippen LogP contribution is 2.28. The van der Waals surface area contributed by atoms with Crippen LogP contribution >= 0.6 is 11.8 Å². The molecule has 1 aromatic carbocycles. The van der Waals surface area contributed by atoms with Crippen LogP contribution in [-0.2, 0) is 12.2 Å². The first-order valence-corrected chi connectivity index (χ1v) is 12.1. The number of nitrogens with zero attached hydrogens (tertiary/aromatic N) is 4. The first kappa shape index (κ1) is 22.6. The van der Waals surface area contributed by atoms with Gasteiger partial charge < -0.3 is 9.80 Å². The number of thioether (sulfide) groups is 1. The second-order valence-electron chi connectivity index (χ2n) is 8.06. The zero-order valence-electron chi connectivity index (χ0n) is 18.7. The van der Waals surface area contributed by atoms with Gasteiger partial charge >= 0.3 is 0 Å². The fourth-order valence-electron chi connectivity index (χ4n) is 3.85. The third-order valence-corrected chi connectivity index (χ3v) is 6.87. The molecule has 0 radical (unpaired) electrons. The maximum Gasteiger partial charge on any atom is 0.253 e. The number of carbonyl (C=O) groups excluding carboxylic acids is 1. The molecule has 1 amide bonds. The normalized spacial score (nSPS) is 14.5. The number of rotatable bonds is 8.